The summed E-state index contributed by atoms with van der Waals surface area (Å²) in [6.07, 6.45) is 0.0904. The van der Waals surface area contributed by atoms with Crippen LogP contribution in [0.4, 0.5) is 5.69 Å². The molecule has 0 fully saturated rings. The van der Waals surface area contributed by atoms with Crippen LogP contribution in [-0.2, 0) is 11.2 Å². The summed E-state index contributed by atoms with van der Waals surface area (Å²) in [5, 5.41) is 7.67. The van der Waals surface area contributed by atoms with Crippen molar-refractivity contribution in [2.75, 3.05) is 26.6 Å². The summed E-state index contributed by atoms with van der Waals surface area (Å²) in [6.45, 7) is 1.98. The van der Waals surface area contributed by atoms with Crippen molar-refractivity contribution in [3.05, 3.63) is 41.6 Å². The van der Waals surface area contributed by atoms with E-state index >= 15 is 0 Å². The number of hydrogen-bond donors (Lipinski definition) is 1. The van der Waals surface area contributed by atoms with E-state index in [0.717, 1.165) is 10.9 Å². The summed E-state index contributed by atoms with van der Waals surface area (Å²) in [4.78, 5) is 12.5. The molecular formula is C19H20N2O5. The van der Waals surface area contributed by atoms with Gasteiger partial charge in [0.2, 0.25) is 11.7 Å². The zero-order valence-corrected chi connectivity index (χ0v) is 15.1. The number of rotatable bonds is 6. The normalized spacial score (nSPS) is 10.6. The van der Waals surface area contributed by atoms with Gasteiger partial charge < -0.3 is 24.1 Å². The highest BCUT2D eigenvalue weighted by Crippen LogP contribution is 2.39. The molecule has 0 aliphatic heterocycles. The molecular weight excluding hydrogens is 336 g/mol. The van der Waals surface area contributed by atoms with Crippen LogP contribution in [0, 0.1) is 6.92 Å². The molecule has 0 aliphatic rings. The van der Waals surface area contributed by atoms with Crippen LogP contribution in [0.5, 0.6) is 17.2 Å². The van der Waals surface area contributed by atoms with Crippen LogP contribution in [0.25, 0.3) is 11.0 Å². The van der Waals surface area contributed by atoms with Gasteiger partial charge in [0.05, 0.1) is 27.8 Å². The van der Waals surface area contributed by atoms with E-state index in [1.165, 1.54) is 21.3 Å². The number of benzene rings is 2. The number of carbonyl (C=O) groups is 1. The van der Waals surface area contributed by atoms with Crippen molar-refractivity contribution in [3.8, 4) is 17.2 Å². The Morgan fingerprint density at radius 3 is 2.38 bits per heavy atom. The summed E-state index contributed by atoms with van der Waals surface area (Å²) in [5.74, 6) is 1.16. The summed E-state index contributed by atoms with van der Waals surface area (Å²) in [7, 11) is 4.57. The van der Waals surface area contributed by atoms with Gasteiger partial charge in [-0.05, 0) is 19.1 Å². The quantitative estimate of drug-likeness (QED) is 0.729. The smallest absolute Gasteiger partial charge is 0.230 e. The van der Waals surface area contributed by atoms with Crippen LogP contribution in [0.3, 0.4) is 0 Å². The Morgan fingerprint density at radius 1 is 1.08 bits per heavy atom. The number of anilines is 1. The van der Waals surface area contributed by atoms with E-state index in [9.17, 15) is 4.79 Å². The zero-order valence-electron chi connectivity index (χ0n) is 15.1. The first-order chi connectivity index (χ1) is 12.5. The standard InChI is InChI=1S/C19H20N2O5/c1-11-5-6-15-13(7-11)14(21-26-15)10-18(22)20-12-8-16(23-2)19(25-4)17(9-12)24-3/h5-9H,10H2,1-4H3,(H,20,22). The molecule has 26 heavy (non-hydrogen) atoms. The Kier molecular flexibility index (Phi) is 4.97. The molecule has 2 aromatic carbocycles. The second kappa shape index (κ2) is 7.35. The second-order valence-electron chi connectivity index (χ2n) is 5.77. The van der Waals surface area contributed by atoms with E-state index in [-0.39, 0.29) is 12.3 Å². The van der Waals surface area contributed by atoms with Crippen molar-refractivity contribution in [2.24, 2.45) is 0 Å². The van der Waals surface area contributed by atoms with E-state index in [4.69, 9.17) is 18.7 Å². The highest BCUT2D eigenvalue weighted by Gasteiger charge is 2.16. The van der Waals surface area contributed by atoms with Crippen LogP contribution < -0.4 is 19.5 Å². The third-order valence-electron chi connectivity index (χ3n) is 3.98. The minimum absolute atomic E-state index is 0.0904. The topological polar surface area (TPSA) is 82.8 Å². The Balaban J connectivity index is 1.82. The Morgan fingerprint density at radius 2 is 1.77 bits per heavy atom. The third kappa shape index (κ3) is 3.42. The predicted molar refractivity (Wildman–Crippen MR) is 97.2 cm³/mol. The average molecular weight is 356 g/mol. The maximum Gasteiger partial charge on any atom is 0.230 e. The SMILES string of the molecule is COc1cc(NC(=O)Cc2noc3ccc(C)cc23)cc(OC)c1OC. The number of methoxy groups -OCH3 is 3. The fourth-order valence-corrected chi connectivity index (χ4v) is 2.74. The van der Waals surface area contributed by atoms with Gasteiger partial charge in [0.15, 0.2) is 17.1 Å². The van der Waals surface area contributed by atoms with Crippen molar-refractivity contribution in [2.45, 2.75) is 13.3 Å². The molecule has 1 amide bonds. The van der Waals surface area contributed by atoms with Crippen molar-refractivity contribution in [1.82, 2.24) is 5.16 Å². The number of fused-ring (bicyclic) bond motifs is 1. The van der Waals surface area contributed by atoms with Crippen LogP contribution in [-0.4, -0.2) is 32.4 Å². The lowest BCUT2D eigenvalue weighted by Crippen LogP contribution is -2.15. The molecule has 7 heteroatoms. The van der Waals surface area contributed by atoms with Crippen molar-refractivity contribution in [3.63, 3.8) is 0 Å². The molecule has 0 radical (unpaired) electrons. The molecule has 0 aliphatic carbocycles. The molecule has 1 N–H and O–H groups in total. The molecule has 0 unspecified atom stereocenters. The van der Waals surface area contributed by atoms with Crippen molar-refractivity contribution < 1.29 is 23.5 Å². The van der Waals surface area contributed by atoms with Gasteiger partial charge in [0.25, 0.3) is 0 Å². The summed E-state index contributed by atoms with van der Waals surface area (Å²) in [6, 6.07) is 9.08. The first-order valence-corrected chi connectivity index (χ1v) is 8.00. The van der Waals surface area contributed by atoms with Crippen LogP contribution in [0.2, 0.25) is 0 Å². The molecule has 0 spiro atoms. The molecule has 0 atom stereocenters. The molecule has 0 bridgehead atoms. The lowest BCUT2D eigenvalue weighted by atomic mass is 10.1. The van der Waals surface area contributed by atoms with Crippen LogP contribution in [0.1, 0.15) is 11.3 Å². The first kappa shape index (κ1) is 17.6. The van der Waals surface area contributed by atoms with Gasteiger partial charge in [0.1, 0.15) is 5.69 Å². The highest BCUT2D eigenvalue weighted by molar-refractivity contribution is 5.95. The van der Waals surface area contributed by atoms with Gasteiger partial charge in [-0.25, -0.2) is 0 Å². The fraction of sp³-hybridized carbons (Fsp3) is 0.263. The number of nitrogens with one attached hydrogen (secondary N) is 1. The van der Waals surface area contributed by atoms with E-state index < -0.39 is 0 Å². The van der Waals surface area contributed by atoms with E-state index in [2.05, 4.69) is 10.5 Å². The predicted octanol–water partition coefficient (Wildman–Crippen LogP) is 3.34. The number of amides is 1. The van der Waals surface area contributed by atoms with Gasteiger partial charge in [0, 0.05) is 23.2 Å². The third-order valence-corrected chi connectivity index (χ3v) is 3.98. The van der Waals surface area contributed by atoms with Crippen molar-refractivity contribution >= 4 is 22.6 Å². The summed E-state index contributed by atoms with van der Waals surface area (Å²) in [5.41, 5.74) is 2.86. The monoisotopic (exact) mass is 356 g/mol. The molecule has 136 valence electrons. The maximum absolute atomic E-state index is 12.5. The number of ether oxygens (including phenoxy) is 3. The zero-order chi connectivity index (χ0) is 18.7. The van der Waals surface area contributed by atoms with Gasteiger partial charge in [-0.1, -0.05) is 16.8 Å². The minimum atomic E-state index is -0.226. The van der Waals surface area contributed by atoms with E-state index in [1.807, 2.05) is 25.1 Å². The Bertz CT molecular complexity index is 923. The first-order valence-electron chi connectivity index (χ1n) is 8.00. The summed E-state index contributed by atoms with van der Waals surface area (Å²) < 4.78 is 21.1. The average Bonchev–Trinajstić information content (AvgIpc) is 3.02. The number of aryl methyl sites for hydroxylation is 1. The lowest BCUT2D eigenvalue weighted by Gasteiger charge is -2.14. The number of aromatic nitrogens is 1. The second-order valence-corrected chi connectivity index (χ2v) is 5.77. The number of hydrogen-bond acceptors (Lipinski definition) is 6. The van der Waals surface area contributed by atoms with Crippen LogP contribution >= 0.6 is 0 Å². The molecule has 7 nitrogen and oxygen atoms in total. The largest absolute Gasteiger partial charge is 0.493 e. The van der Waals surface area contributed by atoms with Gasteiger partial charge in [-0.2, -0.15) is 0 Å². The Hall–Kier alpha value is -3.22. The fourth-order valence-electron chi connectivity index (χ4n) is 2.74. The van der Waals surface area contributed by atoms with Gasteiger partial charge >= 0.3 is 0 Å². The van der Waals surface area contributed by atoms with Gasteiger partial charge in [-0.15, -0.1) is 0 Å². The van der Waals surface area contributed by atoms with E-state index in [1.54, 1.807) is 12.1 Å². The van der Waals surface area contributed by atoms with Crippen molar-refractivity contribution in [1.29, 1.82) is 0 Å². The minimum Gasteiger partial charge on any atom is -0.493 e. The molecule has 1 aromatic heterocycles. The molecule has 3 aromatic rings. The van der Waals surface area contributed by atoms with Gasteiger partial charge in [-0.3, -0.25) is 4.79 Å². The highest BCUT2D eigenvalue weighted by atomic mass is 16.5. The summed E-state index contributed by atoms with van der Waals surface area (Å²) >= 11 is 0. The van der Waals surface area contributed by atoms with E-state index in [0.29, 0.717) is 34.2 Å². The maximum atomic E-state index is 12.5. The lowest BCUT2D eigenvalue weighted by molar-refractivity contribution is -0.115. The Labute approximate surface area is 150 Å². The number of nitrogens with zero attached hydrogens (tertiary/aromatic N) is 1. The molecule has 3 rings (SSSR count). The van der Waals surface area contributed by atoms with Crippen LogP contribution in [0.15, 0.2) is 34.9 Å². The molecule has 0 saturated heterocycles. The molecule has 1 heterocycles. The number of carbonyl (C=O) groups excluding carboxylic acids is 1. The molecule has 0 saturated carbocycles.